The standard InChI is InChI=1S/C18H27NO3/c1-13-10-15(11-14(2)18(13)21-4)12-19(3)17(20)8-7-16-6-5-9-22-16/h10-11,16H,5-9,12H2,1-4H3. The molecule has 4 nitrogen and oxygen atoms in total. The first-order valence-corrected chi connectivity index (χ1v) is 8.01. The number of ether oxygens (including phenoxy) is 2. The van der Waals surface area contributed by atoms with Crippen molar-refractivity contribution in [2.24, 2.45) is 0 Å². The zero-order valence-corrected chi connectivity index (χ0v) is 14.1. The maximum absolute atomic E-state index is 12.2. The molecule has 1 amide bonds. The molecule has 1 aliphatic heterocycles. The molecule has 1 saturated heterocycles. The summed E-state index contributed by atoms with van der Waals surface area (Å²) in [4.78, 5) is 14.0. The number of hydrogen-bond acceptors (Lipinski definition) is 3. The second-order valence-corrected chi connectivity index (χ2v) is 6.19. The summed E-state index contributed by atoms with van der Waals surface area (Å²) in [6, 6.07) is 4.19. The summed E-state index contributed by atoms with van der Waals surface area (Å²) in [7, 11) is 3.56. The largest absolute Gasteiger partial charge is 0.496 e. The maximum Gasteiger partial charge on any atom is 0.222 e. The highest BCUT2D eigenvalue weighted by molar-refractivity contribution is 5.75. The van der Waals surface area contributed by atoms with Gasteiger partial charge in [-0.2, -0.15) is 0 Å². The number of carbonyl (C=O) groups excluding carboxylic acids is 1. The SMILES string of the molecule is COc1c(C)cc(CN(C)C(=O)CCC2CCCO2)cc1C. The Bertz CT molecular complexity index is 498. The molecule has 0 spiro atoms. The van der Waals surface area contributed by atoms with E-state index in [9.17, 15) is 4.79 Å². The van der Waals surface area contributed by atoms with Crippen LogP contribution in [0.3, 0.4) is 0 Å². The lowest BCUT2D eigenvalue weighted by atomic mass is 10.0. The molecular formula is C18H27NO3. The first-order chi connectivity index (χ1) is 10.5. The average Bonchev–Trinajstić information content (AvgIpc) is 2.97. The van der Waals surface area contributed by atoms with Gasteiger partial charge in [0.2, 0.25) is 5.91 Å². The number of methoxy groups -OCH3 is 1. The summed E-state index contributed by atoms with van der Waals surface area (Å²) < 4.78 is 11.0. The van der Waals surface area contributed by atoms with Gasteiger partial charge in [-0.3, -0.25) is 4.79 Å². The monoisotopic (exact) mass is 305 g/mol. The van der Waals surface area contributed by atoms with E-state index in [1.165, 1.54) is 0 Å². The normalized spacial score (nSPS) is 17.5. The fourth-order valence-electron chi connectivity index (χ4n) is 3.16. The Hall–Kier alpha value is -1.55. The predicted molar refractivity (Wildman–Crippen MR) is 87.2 cm³/mol. The van der Waals surface area contributed by atoms with Crippen molar-refractivity contribution in [3.63, 3.8) is 0 Å². The first-order valence-electron chi connectivity index (χ1n) is 8.01. The van der Waals surface area contributed by atoms with E-state index < -0.39 is 0 Å². The molecule has 122 valence electrons. The van der Waals surface area contributed by atoms with Crippen molar-refractivity contribution in [1.82, 2.24) is 4.90 Å². The molecule has 0 radical (unpaired) electrons. The first kappa shape index (κ1) is 16.8. The molecule has 2 rings (SSSR count). The van der Waals surface area contributed by atoms with Crippen molar-refractivity contribution in [3.8, 4) is 5.75 Å². The summed E-state index contributed by atoms with van der Waals surface area (Å²) in [5.41, 5.74) is 3.36. The predicted octanol–water partition coefficient (Wildman–Crippen LogP) is 3.23. The van der Waals surface area contributed by atoms with E-state index in [0.717, 1.165) is 48.3 Å². The molecule has 0 aliphatic carbocycles. The highest BCUT2D eigenvalue weighted by atomic mass is 16.5. The molecule has 1 aromatic rings. The van der Waals surface area contributed by atoms with Gasteiger partial charge in [0.25, 0.3) is 0 Å². The van der Waals surface area contributed by atoms with Crippen LogP contribution in [0.4, 0.5) is 0 Å². The van der Waals surface area contributed by atoms with Gasteiger partial charge in [0, 0.05) is 26.6 Å². The second-order valence-electron chi connectivity index (χ2n) is 6.19. The van der Waals surface area contributed by atoms with Crippen molar-refractivity contribution in [3.05, 3.63) is 28.8 Å². The molecule has 0 aromatic heterocycles. The molecule has 1 aliphatic rings. The lowest BCUT2D eigenvalue weighted by Crippen LogP contribution is -2.27. The Morgan fingerprint density at radius 3 is 2.59 bits per heavy atom. The van der Waals surface area contributed by atoms with Crippen LogP contribution in [0, 0.1) is 13.8 Å². The van der Waals surface area contributed by atoms with Crippen LogP contribution in [-0.2, 0) is 16.1 Å². The summed E-state index contributed by atoms with van der Waals surface area (Å²) in [6.45, 7) is 5.55. The Labute approximate surface area is 133 Å². The minimum atomic E-state index is 0.182. The van der Waals surface area contributed by atoms with Gasteiger partial charge in [-0.25, -0.2) is 0 Å². The maximum atomic E-state index is 12.2. The van der Waals surface area contributed by atoms with Crippen LogP contribution in [0.15, 0.2) is 12.1 Å². The van der Waals surface area contributed by atoms with Crippen LogP contribution in [0.1, 0.15) is 42.4 Å². The molecule has 0 bridgehead atoms. The van der Waals surface area contributed by atoms with Crippen LogP contribution >= 0.6 is 0 Å². The topological polar surface area (TPSA) is 38.8 Å². The molecule has 1 heterocycles. The third-order valence-corrected chi connectivity index (χ3v) is 4.27. The van der Waals surface area contributed by atoms with Crippen LogP contribution < -0.4 is 4.74 Å². The van der Waals surface area contributed by atoms with Gasteiger partial charge in [-0.15, -0.1) is 0 Å². The van der Waals surface area contributed by atoms with Crippen molar-refractivity contribution in [1.29, 1.82) is 0 Å². The third-order valence-electron chi connectivity index (χ3n) is 4.27. The number of aryl methyl sites for hydroxylation is 2. The van der Waals surface area contributed by atoms with Gasteiger partial charge in [0.1, 0.15) is 5.75 Å². The van der Waals surface area contributed by atoms with Crippen molar-refractivity contribution in [2.75, 3.05) is 20.8 Å². The summed E-state index contributed by atoms with van der Waals surface area (Å²) in [5.74, 6) is 1.11. The zero-order chi connectivity index (χ0) is 16.1. The zero-order valence-electron chi connectivity index (χ0n) is 14.1. The number of hydrogen-bond donors (Lipinski definition) is 0. The third kappa shape index (κ3) is 4.23. The van der Waals surface area contributed by atoms with E-state index in [1.54, 1.807) is 12.0 Å². The van der Waals surface area contributed by atoms with Gasteiger partial charge in [0.05, 0.1) is 13.2 Å². The fourth-order valence-corrected chi connectivity index (χ4v) is 3.16. The lowest BCUT2D eigenvalue weighted by Gasteiger charge is -2.20. The molecule has 0 N–H and O–H groups in total. The van der Waals surface area contributed by atoms with E-state index >= 15 is 0 Å². The van der Waals surface area contributed by atoms with E-state index in [4.69, 9.17) is 9.47 Å². The van der Waals surface area contributed by atoms with Gasteiger partial charge < -0.3 is 14.4 Å². The highest BCUT2D eigenvalue weighted by Gasteiger charge is 2.18. The molecule has 0 saturated carbocycles. The molecular weight excluding hydrogens is 278 g/mol. The number of carbonyl (C=O) groups is 1. The summed E-state index contributed by atoms with van der Waals surface area (Å²) >= 11 is 0. The summed E-state index contributed by atoms with van der Waals surface area (Å²) in [5, 5.41) is 0. The average molecular weight is 305 g/mol. The Kier molecular flexibility index (Phi) is 5.83. The smallest absolute Gasteiger partial charge is 0.222 e. The quantitative estimate of drug-likeness (QED) is 0.810. The molecule has 1 atom stereocenters. The Morgan fingerprint density at radius 1 is 1.36 bits per heavy atom. The number of benzene rings is 1. The van der Waals surface area contributed by atoms with Gasteiger partial charge in [-0.1, -0.05) is 12.1 Å². The van der Waals surface area contributed by atoms with E-state index in [1.807, 2.05) is 20.9 Å². The van der Waals surface area contributed by atoms with Crippen molar-refractivity contribution >= 4 is 5.91 Å². The molecule has 4 heteroatoms. The number of amides is 1. The molecule has 22 heavy (non-hydrogen) atoms. The minimum Gasteiger partial charge on any atom is -0.496 e. The van der Waals surface area contributed by atoms with Crippen molar-refractivity contribution in [2.45, 2.75) is 52.2 Å². The van der Waals surface area contributed by atoms with Gasteiger partial charge in [-0.05, 0) is 49.8 Å². The van der Waals surface area contributed by atoms with Gasteiger partial charge >= 0.3 is 0 Å². The van der Waals surface area contributed by atoms with E-state index in [0.29, 0.717) is 13.0 Å². The number of nitrogens with zero attached hydrogens (tertiary/aromatic N) is 1. The van der Waals surface area contributed by atoms with Crippen LogP contribution in [0.2, 0.25) is 0 Å². The van der Waals surface area contributed by atoms with Crippen molar-refractivity contribution < 1.29 is 14.3 Å². The number of rotatable bonds is 6. The Balaban J connectivity index is 1.90. The van der Waals surface area contributed by atoms with Crippen LogP contribution in [-0.4, -0.2) is 37.7 Å². The van der Waals surface area contributed by atoms with Crippen LogP contribution in [0.25, 0.3) is 0 Å². The molecule has 1 unspecified atom stereocenters. The van der Waals surface area contributed by atoms with Crippen LogP contribution in [0.5, 0.6) is 5.75 Å². The molecule has 1 fully saturated rings. The Morgan fingerprint density at radius 2 is 2.05 bits per heavy atom. The van der Waals surface area contributed by atoms with Gasteiger partial charge in [0.15, 0.2) is 0 Å². The minimum absolute atomic E-state index is 0.182. The molecule has 1 aromatic carbocycles. The highest BCUT2D eigenvalue weighted by Crippen LogP contribution is 2.25. The fraction of sp³-hybridized carbons (Fsp3) is 0.611. The van der Waals surface area contributed by atoms with E-state index in [2.05, 4.69) is 12.1 Å². The van der Waals surface area contributed by atoms with E-state index in [-0.39, 0.29) is 12.0 Å². The lowest BCUT2D eigenvalue weighted by molar-refractivity contribution is -0.131. The summed E-state index contributed by atoms with van der Waals surface area (Å²) in [6.07, 6.45) is 3.90. The second kappa shape index (κ2) is 7.63.